The van der Waals surface area contributed by atoms with E-state index in [1.54, 1.807) is 6.92 Å². The van der Waals surface area contributed by atoms with Crippen molar-refractivity contribution in [3.8, 4) is 5.75 Å². The third-order valence-electron chi connectivity index (χ3n) is 3.68. The summed E-state index contributed by atoms with van der Waals surface area (Å²) in [5.41, 5.74) is 0.230. The Labute approximate surface area is 136 Å². The summed E-state index contributed by atoms with van der Waals surface area (Å²) in [5, 5.41) is 9.41. The largest absolute Gasteiger partial charge is 0.494 e. The van der Waals surface area contributed by atoms with Crippen LogP contribution in [0, 0.1) is 0 Å². The normalized spacial score (nSPS) is 10.9. The van der Waals surface area contributed by atoms with Crippen molar-refractivity contribution < 1.29 is 23.8 Å². The molecule has 0 atom stereocenters. The summed E-state index contributed by atoms with van der Waals surface area (Å²) < 4.78 is 11.1. The van der Waals surface area contributed by atoms with Gasteiger partial charge < -0.3 is 14.3 Å². The van der Waals surface area contributed by atoms with E-state index in [2.05, 4.69) is 0 Å². The smallest absolute Gasteiger partial charge is 0.335 e. The maximum Gasteiger partial charge on any atom is 0.335 e. The molecule has 122 valence electrons. The first-order chi connectivity index (χ1) is 11.4. The van der Waals surface area contributed by atoms with Gasteiger partial charge in [0.15, 0.2) is 5.78 Å². The number of benzene rings is 2. The number of ketones is 1. The highest BCUT2D eigenvalue weighted by molar-refractivity contribution is 6.07. The van der Waals surface area contributed by atoms with E-state index < -0.39 is 11.4 Å². The topological polar surface area (TPSA) is 93.8 Å². The summed E-state index contributed by atoms with van der Waals surface area (Å²) >= 11 is 0. The predicted molar refractivity (Wildman–Crippen MR) is 88.1 cm³/mol. The number of hydrogen-bond donors (Lipinski definition) is 1. The number of ether oxygens (including phenoxy) is 1. The lowest BCUT2D eigenvalue weighted by Crippen LogP contribution is -2.07. The zero-order valence-corrected chi connectivity index (χ0v) is 13.1. The van der Waals surface area contributed by atoms with E-state index in [9.17, 15) is 14.4 Å². The fraction of sp³-hybridized carbons (Fsp3) is 0.167. The molecular formula is C18H14O6. The van der Waals surface area contributed by atoms with Gasteiger partial charge in [0.05, 0.1) is 28.5 Å². The third kappa shape index (κ3) is 2.52. The summed E-state index contributed by atoms with van der Waals surface area (Å²) in [6.45, 7) is 3.55. The van der Waals surface area contributed by atoms with Gasteiger partial charge in [-0.25, -0.2) is 4.79 Å². The maximum absolute atomic E-state index is 12.8. The van der Waals surface area contributed by atoms with E-state index in [4.69, 9.17) is 14.3 Å². The number of hydrogen-bond acceptors (Lipinski definition) is 5. The van der Waals surface area contributed by atoms with Crippen molar-refractivity contribution in [3.63, 3.8) is 0 Å². The molecular weight excluding hydrogens is 312 g/mol. The van der Waals surface area contributed by atoms with Gasteiger partial charge in [0.2, 0.25) is 5.43 Å². The molecule has 0 saturated carbocycles. The fourth-order valence-electron chi connectivity index (χ4n) is 2.58. The summed E-state index contributed by atoms with van der Waals surface area (Å²) in [6.07, 6.45) is 0. The Morgan fingerprint density at radius 2 is 1.92 bits per heavy atom. The molecule has 0 radical (unpaired) electrons. The van der Waals surface area contributed by atoms with Gasteiger partial charge in [-0.2, -0.15) is 0 Å². The van der Waals surface area contributed by atoms with Crippen molar-refractivity contribution in [2.45, 2.75) is 13.8 Å². The number of carbonyl (C=O) groups excluding carboxylic acids is 1. The second-order valence-electron chi connectivity index (χ2n) is 5.28. The molecule has 0 saturated heterocycles. The van der Waals surface area contributed by atoms with Crippen molar-refractivity contribution in [2.75, 3.05) is 6.61 Å². The van der Waals surface area contributed by atoms with Gasteiger partial charge in [0.25, 0.3) is 0 Å². The Morgan fingerprint density at radius 1 is 1.17 bits per heavy atom. The molecule has 0 spiro atoms. The van der Waals surface area contributed by atoms with Gasteiger partial charge in [-0.3, -0.25) is 9.59 Å². The van der Waals surface area contributed by atoms with E-state index in [-0.39, 0.29) is 38.8 Å². The van der Waals surface area contributed by atoms with E-state index >= 15 is 0 Å². The minimum absolute atomic E-state index is 0.0121. The summed E-state index contributed by atoms with van der Waals surface area (Å²) in [4.78, 5) is 35.8. The zero-order valence-electron chi connectivity index (χ0n) is 13.1. The molecule has 0 bridgehead atoms. The Morgan fingerprint density at radius 3 is 2.54 bits per heavy atom. The lowest BCUT2D eigenvalue weighted by molar-refractivity contribution is 0.0697. The van der Waals surface area contributed by atoms with Crippen molar-refractivity contribution in [1.82, 2.24) is 0 Å². The molecule has 6 heteroatoms. The average Bonchev–Trinajstić information content (AvgIpc) is 2.55. The molecule has 24 heavy (non-hydrogen) atoms. The first-order valence-corrected chi connectivity index (χ1v) is 7.34. The van der Waals surface area contributed by atoms with Crippen LogP contribution in [0.1, 0.15) is 34.6 Å². The highest BCUT2D eigenvalue weighted by Crippen LogP contribution is 2.27. The van der Waals surface area contributed by atoms with Gasteiger partial charge in [-0.1, -0.05) is 0 Å². The van der Waals surface area contributed by atoms with Crippen LogP contribution in [-0.4, -0.2) is 23.5 Å². The molecule has 1 N–H and O–H groups in total. The van der Waals surface area contributed by atoms with E-state index in [1.807, 2.05) is 0 Å². The average molecular weight is 326 g/mol. The van der Waals surface area contributed by atoms with Crippen molar-refractivity contribution in [3.05, 3.63) is 51.7 Å². The van der Waals surface area contributed by atoms with E-state index in [0.717, 1.165) is 0 Å². The monoisotopic (exact) mass is 326 g/mol. The van der Waals surface area contributed by atoms with Crippen LogP contribution in [0.3, 0.4) is 0 Å². The Kier molecular flexibility index (Phi) is 3.81. The number of aromatic carboxylic acids is 1. The summed E-state index contributed by atoms with van der Waals surface area (Å²) in [5.74, 6) is -1.01. The molecule has 0 fully saturated rings. The number of fused-ring (bicyclic) bond motifs is 2. The quantitative estimate of drug-likeness (QED) is 0.584. The van der Waals surface area contributed by atoms with Crippen LogP contribution in [0.25, 0.3) is 21.9 Å². The standard InChI is InChI=1S/C18H14O6/c1-3-23-11-7-12(9(2)19)17-14(8-11)16(20)13-6-10(18(21)22)4-5-15(13)24-17/h4-8H,3H2,1-2H3,(H,21,22). The molecule has 0 unspecified atom stereocenters. The zero-order chi connectivity index (χ0) is 17.4. The third-order valence-corrected chi connectivity index (χ3v) is 3.68. The fourth-order valence-corrected chi connectivity index (χ4v) is 2.58. The summed E-state index contributed by atoms with van der Waals surface area (Å²) in [7, 11) is 0. The number of carboxylic acid groups (broad SMARTS) is 1. The highest BCUT2D eigenvalue weighted by atomic mass is 16.5. The van der Waals surface area contributed by atoms with Gasteiger partial charge >= 0.3 is 5.97 Å². The molecule has 1 aromatic heterocycles. The predicted octanol–water partition coefficient (Wildman–Crippen LogP) is 3.25. The molecule has 1 heterocycles. The van der Waals surface area contributed by atoms with E-state index in [1.165, 1.54) is 37.3 Å². The first-order valence-electron chi connectivity index (χ1n) is 7.34. The molecule has 0 aliphatic heterocycles. The summed E-state index contributed by atoms with van der Waals surface area (Å²) in [6, 6.07) is 7.07. The Bertz CT molecular complexity index is 1040. The number of rotatable bonds is 4. The van der Waals surface area contributed by atoms with Crippen molar-refractivity contribution >= 4 is 33.7 Å². The van der Waals surface area contributed by atoms with Gasteiger partial charge in [0, 0.05) is 0 Å². The number of Topliss-reactive ketones (excluding diaryl/α,β-unsaturated/α-hetero) is 1. The first kappa shape index (κ1) is 15.7. The van der Waals surface area contributed by atoms with Crippen molar-refractivity contribution in [1.29, 1.82) is 0 Å². The molecule has 0 amide bonds. The maximum atomic E-state index is 12.8. The van der Waals surface area contributed by atoms with Gasteiger partial charge in [-0.15, -0.1) is 0 Å². The van der Waals surface area contributed by atoms with Crippen LogP contribution < -0.4 is 10.2 Å². The van der Waals surface area contributed by atoms with Gasteiger partial charge in [0.1, 0.15) is 16.9 Å². The lowest BCUT2D eigenvalue weighted by atomic mass is 10.0. The molecule has 2 aromatic carbocycles. The SMILES string of the molecule is CCOc1cc(C(C)=O)c2oc3ccc(C(=O)O)cc3c(=O)c2c1. The molecule has 0 aliphatic carbocycles. The molecule has 0 aliphatic rings. The van der Waals surface area contributed by atoms with Crippen LogP contribution in [0.2, 0.25) is 0 Å². The molecule has 3 aromatic rings. The molecule has 3 rings (SSSR count). The number of carboxylic acids is 1. The highest BCUT2D eigenvalue weighted by Gasteiger charge is 2.17. The van der Waals surface area contributed by atoms with Gasteiger partial charge in [-0.05, 0) is 44.2 Å². The molecule has 6 nitrogen and oxygen atoms in total. The van der Waals surface area contributed by atoms with Crippen LogP contribution in [0.15, 0.2) is 39.5 Å². The van der Waals surface area contributed by atoms with E-state index in [0.29, 0.717) is 12.4 Å². The minimum Gasteiger partial charge on any atom is -0.494 e. The number of carbonyl (C=O) groups is 2. The van der Waals surface area contributed by atoms with Crippen molar-refractivity contribution in [2.24, 2.45) is 0 Å². The van der Waals surface area contributed by atoms with Crippen LogP contribution in [0.4, 0.5) is 0 Å². The van der Waals surface area contributed by atoms with Crippen LogP contribution in [-0.2, 0) is 0 Å². The second kappa shape index (κ2) is 5.81. The second-order valence-corrected chi connectivity index (χ2v) is 5.28. The Hall–Kier alpha value is -3.15. The van der Waals surface area contributed by atoms with Crippen LogP contribution >= 0.6 is 0 Å². The van der Waals surface area contributed by atoms with Crippen LogP contribution in [0.5, 0.6) is 5.75 Å². The Balaban J connectivity index is 2.45. The lowest BCUT2D eigenvalue weighted by Gasteiger charge is -2.09. The minimum atomic E-state index is -1.14.